The zero-order chi connectivity index (χ0) is 11.8. The van der Waals surface area contributed by atoms with Crippen molar-refractivity contribution >= 4 is 0 Å². The predicted molar refractivity (Wildman–Crippen MR) is 68.8 cm³/mol. The fourth-order valence-corrected chi connectivity index (χ4v) is 3.53. The second-order valence-electron chi connectivity index (χ2n) is 5.79. The first kappa shape index (κ1) is 11.3. The number of rotatable bonds is 5. The molecule has 3 nitrogen and oxygen atoms in total. The highest BCUT2D eigenvalue weighted by Gasteiger charge is 2.47. The summed E-state index contributed by atoms with van der Waals surface area (Å²) in [5.74, 6) is 3.05. The fourth-order valence-electron chi connectivity index (χ4n) is 3.53. The molecular formula is C14H23N3. The first-order valence-electron chi connectivity index (χ1n) is 6.98. The van der Waals surface area contributed by atoms with E-state index in [-0.39, 0.29) is 0 Å². The standard InChI is InChI=1S/C14H23N3/c1-3-17-9-10(8-16-17)4-14(15-2)13-6-11-5-12(11)7-13/h8-9,11-15H,3-7H2,1-2H3. The molecule has 17 heavy (non-hydrogen) atoms. The summed E-state index contributed by atoms with van der Waals surface area (Å²) in [6.07, 6.45) is 9.79. The summed E-state index contributed by atoms with van der Waals surface area (Å²) in [4.78, 5) is 0. The average Bonchev–Trinajstić information content (AvgIpc) is 2.81. The summed E-state index contributed by atoms with van der Waals surface area (Å²) < 4.78 is 2.02. The lowest BCUT2D eigenvalue weighted by Gasteiger charge is -2.23. The van der Waals surface area contributed by atoms with Crippen molar-refractivity contribution in [2.75, 3.05) is 7.05 Å². The van der Waals surface area contributed by atoms with E-state index in [0.29, 0.717) is 6.04 Å². The Bertz CT molecular complexity index is 375. The van der Waals surface area contributed by atoms with E-state index >= 15 is 0 Å². The molecular weight excluding hydrogens is 210 g/mol. The maximum atomic E-state index is 4.36. The molecule has 0 radical (unpaired) electrons. The van der Waals surface area contributed by atoms with Crippen molar-refractivity contribution in [2.24, 2.45) is 17.8 Å². The van der Waals surface area contributed by atoms with Gasteiger partial charge in [0.25, 0.3) is 0 Å². The van der Waals surface area contributed by atoms with Gasteiger partial charge in [-0.25, -0.2) is 0 Å². The van der Waals surface area contributed by atoms with E-state index in [4.69, 9.17) is 0 Å². The van der Waals surface area contributed by atoms with E-state index in [1.165, 1.54) is 24.8 Å². The molecule has 1 aromatic rings. The Morgan fingerprint density at radius 2 is 2.18 bits per heavy atom. The molecule has 2 aliphatic carbocycles. The molecule has 0 aromatic carbocycles. The average molecular weight is 233 g/mol. The first-order chi connectivity index (χ1) is 8.30. The van der Waals surface area contributed by atoms with Crippen LogP contribution < -0.4 is 5.32 Å². The number of hydrogen-bond acceptors (Lipinski definition) is 2. The number of aryl methyl sites for hydroxylation is 1. The topological polar surface area (TPSA) is 29.9 Å². The lowest BCUT2D eigenvalue weighted by atomic mass is 9.90. The number of aromatic nitrogens is 2. The number of nitrogens with zero attached hydrogens (tertiary/aromatic N) is 2. The van der Waals surface area contributed by atoms with Gasteiger partial charge in [-0.3, -0.25) is 4.68 Å². The number of likely N-dealkylation sites (N-methyl/N-ethyl adjacent to an activating group) is 1. The van der Waals surface area contributed by atoms with Gasteiger partial charge in [-0.1, -0.05) is 0 Å². The van der Waals surface area contributed by atoms with Gasteiger partial charge < -0.3 is 5.32 Å². The smallest absolute Gasteiger partial charge is 0.0522 e. The Balaban J connectivity index is 1.61. The lowest BCUT2D eigenvalue weighted by Crippen LogP contribution is -2.34. The third-order valence-corrected chi connectivity index (χ3v) is 4.69. The highest BCUT2D eigenvalue weighted by atomic mass is 15.3. The molecule has 3 atom stereocenters. The minimum atomic E-state index is 0.650. The Morgan fingerprint density at radius 1 is 1.41 bits per heavy atom. The van der Waals surface area contributed by atoms with E-state index in [9.17, 15) is 0 Å². The van der Waals surface area contributed by atoms with Gasteiger partial charge in [0.2, 0.25) is 0 Å². The first-order valence-corrected chi connectivity index (χ1v) is 6.98. The number of fused-ring (bicyclic) bond motifs is 1. The van der Waals surface area contributed by atoms with Crippen molar-refractivity contribution < 1.29 is 0 Å². The molecule has 3 heteroatoms. The van der Waals surface area contributed by atoms with Crippen molar-refractivity contribution in [2.45, 2.75) is 45.2 Å². The summed E-state index contributed by atoms with van der Waals surface area (Å²) >= 11 is 0. The second kappa shape index (κ2) is 4.45. The third kappa shape index (κ3) is 2.25. The molecule has 0 amide bonds. The Labute approximate surface area is 104 Å². The van der Waals surface area contributed by atoms with Gasteiger partial charge in [0.1, 0.15) is 0 Å². The molecule has 2 saturated carbocycles. The van der Waals surface area contributed by atoms with E-state index < -0.39 is 0 Å². The van der Waals surface area contributed by atoms with E-state index in [1.54, 1.807) is 0 Å². The summed E-state index contributed by atoms with van der Waals surface area (Å²) in [7, 11) is 2.11. The lowest BCUT2D eigenvalue weighted by molar-refractivity contribution is 0.349. The van der Waals surface area contributed by atoms with Crippen LogP contribution in [0.15, 0.2) is 12.4 Å². The van der Waals surface area contributed by atoms with Gasteiger partial charge in [-0.2, -0.15) is 5.10 Å². The molecule has 2 aliphatic rings. The molecule has 1 aromatic heterocycles. The van der Waals surface area contributed by atoms with Crippen molar-refractivity contribution in [1.29, 1.82) is 0 Å². The van der Waals surface area contributed by atoms with Crippen LogP contribution in [0.25, 0.3) is 0 Å². The molecule has 2 fully saturated rings. The van der Waals surface area contributed by atoms with E-state index in [1.807, 2.05) is 10.9 Å². The van der Waals surface area contributed by atoms with Crippen molar-refractivity contribution in [1.82, 2.24) is 15.1 Å². The maximum absolute atomic E-state index is 4.36. The molecule has 0 saturated heterocycles. The van der Waals surface area contributed by atoms with Gasteiger partial charge in [0.05, 0.1) is 6.20 Å². The summed E-state index contributed by atoms with van der Waals surface area (Å²) in [6.45, 7) is 3.11. The van der Waals surface area contributed by atoms with Crippen LogP contribution in [-0.2, 0) is 13.0 Å². The molecule has 3 unspecified atom stereocenters. The maximum Gasteiger partial charge on any atom is 0.0522 e. The van der Waals surface area contributed by atoms with Gasteiger partial charge in [-0.05, 0) is 63.0 Å². The fraction of sp³-hybridized carbons (Fsp3) is 0.786. The summed E-state index contributed by atoms with van der Waals surface area (Å²) in [6, 6.07) is 0.650. The quantitative estimate of drug-likeness (QED) is 0.844. The predicted octanol–water partition coefficient (Wildman–Crippen LogP) is 2.08. The SMILES string of the molecule is CCn1cc(CC(NC)C2CC3CC3C2)cn1. The van der Waals surface area contributed by atoms with Crippen LogP contribution in [0, 0.1) is 17.8 Å². The van der Waals surface area contributed by atoms with Crippen molar-refractivity contribution in [3.8, 4) is 0 Å². The van der Waals surface area contributed by atoms with Crippen molar-refractivity contribution in [3.05, 3.63) is 18.0 Å². The molecule has 0 aliphatic heterocycles. The Hall–Kier alpha value is -0.830. The normalized spacial score (nSPS) is 32.5. The third-order valence-electron chi connectivity index (χ3n) is 4.69. The van der Waals surface area contributed by atoms with Gasteiger partial charge in [0, 0.05) is 18.8 Å². The highest BCUT2D eigenvalue weighted by molar-refractivity contribution is 5.09. The summed E-state index contributed by atoms with van der Waals surface area (Å²) in [5.41, 5.74) is 1.38. The molecule has 1 N–H and O–H groups in total. The van der Waals surface area contributed by atoms with Crippen LogP contribution >= 0.6 is 0 Å². The molecule has 1 heterocycles. The van der Waals surface area contributed by atoms with Crippen LogP contribution in [0.5, 0.6) is 0 Å². The minimum absolute atomic E-state index is 0.650. The van der Waals surface area contributed by atoms with Crippen molar-refractivity contribution in [3.63, 3.8) is 0 Å². The highest BCUT2D eigenvalue weighted by Crippen LogP contribution is 2.55. The second-order valence-corrected chi connectivity index (χ2v) is 5.79. The van der Waals surface area contributed by atoms with Gasteiger partial charge in [0.15, 0.2) is 0 Å². The van der Waals surface area contributed by atoms with Crippen LogP contribution in [-0.4, -0.2) is 22.9 Å². The Kier molecular flexibility index (Phi) is 2.95. The molecule has 0 bridgehead atoms. The monoisotopic (exact) mass is 233 g/mol. The van der Waals surface area contributed by atoms with E-state index in [0.717, 1.165) is 30.7 Å². The van der Waals surface area contributed by atoms with Gasteiger partial charge in [-0.15, -0.1) is 0 Å². The zero-order valence-corrected chi connectivity index (χ0v) is 10.9. The van der Waals surface area contributed by atoms with Crippen LogP contribution in [0.2, 0.25) is 0 Å². The van der Waals surface area contributed by atoms with Crippen LogP contribution in [0.1, 0.15) is 31.7 Å². The zero-order valence-electron chi connectivity index (χ0n) is 10.9. The Morgan fingerprint density at radius 3 is 2.76 bits per heavy atom. The molecule has 3 rings (SSSR count). The van der Waals surface area contributed by atoms with Crippen LogP contribution in [0.4, 0.5) is 0 Å². The van der Waals surface area contributed by atoms with Crippen LogP contribution in [0.3, 0.4) is 0 Å². The number of nitrogens with one attached hydrogen (secondary N) is 1. The van der Waals surface area contributed by atoms with E-state index in [2.05, 4.69) is 30.6 Å². The van der Waals surface area contributed by atoms with Gasteiger partial charge >= 0.3 is 0 Å². The number of hydrogen-bond donors (Lipinski definition) is 1. The summed E-state index contributed by atoms with van der Waals surface area (Å²) in [5, 5.41) is 7.89. The largest absolute Gasteiger partial charge is 0.316 e. The molecule has 94 valence electrons. The minimum Gasteiger partial charge on any atom is -0.316 e. The molecule has 0 spiro atoms.